The van der Waals surface area contributed by atoms with Crippen LogP contribution in [0, 0.1) is 5.92 Å². The summed E-state index contributed by atoms with van der Waals surface area (Å²) in [5.41, 5.74) is 0. The largest absolute Gasteiger partial charge is 0.468 e. The topological polar surface area (TPSA) is 45.4 Å². The van der Waals surface area contributed by atoms with Crippen LogP contribution in [0.25, 0.3) is 0 Å². The van der Waals surface area contributed by atoms with Gasteiger partial charge in [-0.25, -0.2) is 0 Å². The zero-order chi connectivity index (χ0) is 11.3. The predicted octanol–water partition coefficient (Wildman–Crippen LogP) is 2.34. The van der Waals surface area contributed by atoms with E-state index in [1.807, 2.05) is 12.1 Å². The number of furan rings is 1. The van der Waals surface area contributed by atoms with Crippen molar-refractivity contribution in [3.05, 3.63) is 24.2 Å². The molecule has 0 aliphatic rings. The number of hydrogen-bond donors (Lipinski definition) is 2. The minimum absolute atomic E-state index is 0.193. The average molecular weight is 211 g/mol. The maximum Gasteiger partial charge on any atom is 0.120 e. The molecule has 0 aliphatic carbocycles. The summed E-state index contributed by atoms with van der Waals surface area (Å²) in [6.45, 7) is 6.61. The molecule has 0 saturated heterocycles. The number of aliphatic hydroxyl groups excluding tert-OH is 1. The highest BCUT2D eigenvalue weighted by Gasteiger charge is 2.17. The van der Waals surface area contributed by atoms with Crippen LogP contribution in [0.3, 0.4) is 0 Å². The number of rotatable bonds is 6. The van der Waals surface area contributed by atoms with Crippen LogP contribution < -0.4 is 5.32 Å². The van der Waals surface area contributed by atoms with E-state index in [0.717, 1.165) is 12.2 Å². The van der Waals surface area contributed by atoms with E-state index in [0.29, 0.717) is 12.0 Å². The molecule has 0 amide bonds. The number of hydrogen-bond acceptors (Lipinski definition) is 3. The summed E-state index contributed by atoms with van der Waals surface area (Å²) in [4.78, 5) is 0. The molecule has 15 heavy (non-hydrogen) atoms. The molecule has 2 unspecified atom stereocenters. The van der Waals surface area contributed by atoms with Crippen molar-refractivity contribution in [3.63, 3.8) is 0 Å². The number of nitrogens with one attached hydrogen (secondary N) is 1. The van der Waals surface area contributed by atoms with Crippen molar-refractivity contribution in [2.75, 3.05) is 6.61 Å². The first-order valence-corrected chi connectivity index (χ1v) is 5.55. The van der Waals surface area contributed by atoms with E-state index >= 15 is 0 Å². The first kappa shape index (κ1) is 12.3. The summed E-state index contributed by atoms with van der Waals surface area (Å²) >= 11 is 0. The Bertz CT molecular complexity index is 257. The van der Waals surface area contributed by atoms with Gasteiger partial charge in [-0.05, 0) is 31.4 Å². The van der Waals surface area contributed by atoms with Crippen molar-refractivity contribution in [1.29, 1.82) is 0 Å². The lowest BCUT2D eigenvalue weighted by Crippen LogP contribution is -2.36. The summed E-state index contributed by atoms with van der Waals surface area (Å²) < 4.78 is 5.33. The second-order valence-electron chi connectivity index (χ2n) is 4.27. The molecule has 3 nitrogen and oxygen atoms in total. The third-order valence-corrected chi connectivity index (χ3v) is 2.68. The van der Waals surface area contributed by atoms with Crippen molar-refractivity contribution in [2.45, 2.75) is 39.3 Å². The second kappa shape index (κ2) is 5.93. The third-order valence-electron chi connectivity index (χ3n) is 2.68. The van der Waals surface area contributed by atoms with E-state index in [1.165, 1.54) is 0 Å². The van der Waals surface area contributed by atoms with Crippen molar-refractivity contribution in [2.24, 2.45) is 5.92 Å². The summed E-state index contributed by atoms with van der Waals surface area (Å²) in [6.07, 6.45) is 2.46. The Kier molecular flexibility index (Phi) is 4.85. The minimum atomic E-state index is 0.193. The Hall–Kier alpha value is -0.800. The van der Waals surface area contributed by atoms with E-state index < -0.39 is 0 Å². The Morgan fingerprint density at radius 1 is 1.40 bits per heavy atom. The third kappa shape index (κ3) is 3.68. The maximum absolute atomic E-state index is 8.97. The molecule has 0 aliphatic heterocycles. The van der Waals surface area contributed by atoms with Gasteiger partial charge in [0.1, 0.15) is 5.76 Å². The van der Waals surface area contributed by atoms with E-state index in [4.69, 9.17) is 9.52 Å². The van der Waals surface area contributed by atoms with Crippen LogP contribution >= 0.6 is 0 Å². The molecule has 2 N–H and O–H groups in total. The smallest absolute Gasteiger partial charge is 0.120 e. The lowest BCUT2D eigenvalue weighted by molar-refractivity contribution is 0.232. The van der Waals surface area contributed by atoms with Gasteiger partial charge in [-0.15, -0.1) is 0 Å². The molecule has 0 radical (unpaired) electrons. The molecule has 86 valence electrons. The summed E-state index contributed by atoms with van der Waals surface area (Å²) in [5, 5.41) is 12.4. The Labute approximate surface area is 91.5 Å². The van der Waals surface area contributed by atoms with Crippen LogP contribution in [0.1, 0.15) is 39.0 Å². The monoisotopic (exact) mass is 211 g/mol. The lowest BCUT2D eigenvalue weighted by atomic mass is 10.00. The fourth-order valence-corrected chi connectivity index (χ4v) is 1.69. The quantitative estimate of drug-likeness (QED) is 0.759. The zero-order valence-electron chi connectivity index (χ0n) is 9.73. The summed E-state index contributed by atoms with van der Waals surface area (Å²) in [6, 6.07) is 4.38. The fourth-order valence-electron chi connectivity index (χ4n) is 1.69. The molecule has 0 spiro atoms. The Morgan fingerprint density at radius 3 is 2.60 bits per heavy atom. The first-order chi connectivity index (χ1) is 7.15. The van der Waals surface area contributed by atoms with Gasteiger partial charge >= 0.3 is 0 Å². The van der Waals surface area contributed by atoms with E-state index in [1.54, 1.807) is 6.26 Å². The van der Waals surface area contributed by atoms with E-state index in [9.17, 15) is 0 Å². The van der Waals surface area contributed by atoms with Gasteiger partial charge in [-0.3, -0.25) is 0 Å². The van der Waals surface area contributed by atoms with Gasteiger partial charge in [0.05, 0.1) is 12.3 Å². The average Bonchev–Trinajstić information content (AvgIpc) is 2.69. The summed E-state index contributed by atoms with van der Waals surface area (Å²) in [5.74, 6) is 1.45. The fraction of sp³-hybridized carbons (Fsp3) is 0.667. The van der Waals surface area contributed by atoms with Crippen LogP contribution in [-0.4, -0.2) is 17.8 Å². The van der Waals surface area contributed by atoms with Gasteiger partial charge in [0.2, 0.25) is 0 Å². The van der Waals surface area contributed by atoms with Crippen LogP contribution in [0.2, 0.25) is 0 Å². The Balaban J connectivity index is 2.50. The van der Waals surface area contributed by atoms with E-state index in [2.05, 4.69) is 26.1 Å². The summed E-state index contributed by atoms with van der Waals surface area (Å²) in [7, 11) is 0. The molecule has 3 heteroatoms. The van der Waals surface area contributed by atoms with E-state index in [-0.39, 0.29) is 12.6 Å². The zero-order valence-corrected chi connectivity index (χ0v) is 9.73. The maximum atomic E-state index is 8.97. The van der Waals surface area contributed by atoms with Crippen molar-refractivity contribution < 1.29 is 9.52 Å². The van der Waals surface area contributed by atoms with Crippen LogP contribution in [0.5, 0.6) is 0 Å². The van der Waals surface area contributed by atoms with Crippen LogP contribution in [-0.2, 0) is 0 Å². The SMILES string of the molecule is CC(NC(CCO)C(C)C)c1ccco1. The molecular formula is C12H21NO2. The van der Waals surface area contributed by atoms with Gasteiger partial charge in [0.25, 0.3) is 0 Å². The molecular weight excluding hydrogens is 190 g/mol. The van der Waals surface area contributed by atoms with Gasteiger partial charge in [0.15, 0.2) is 0 Å². The normalized spacial score (nSPS) is 15.5. The molecule has 1 aromatic heterocycles. The molecule has 0 fully saturated rings. The van der Waals surface area contributed by atoms with Gasteiger partial charge < -0.3 is 14.8 Å². The lowest BCUT2D eigenvalue weighted by Gasteiger charge is -2.24. The second-order valence-corrected chi connectivity index (χ2v) is 4.27. The van der Waals surface area contributed by atoms with Crippen molar-refractivity contribution >= 4 is 0 Å². The Morgan fingerprint density at radius 2 is 2.13 bits per heavy atom. The highest BCUT2D eigenvalue weighted by atomic mass is 16.3. The molecule has 1 aromatic rings. The molecule has 2 atom stereocenters. The standard InChI is InChI=1S/C12H21NO2/c1-9(2)11(6-7-14)13-10(3)12-5-4-8-15-12/h4-5,8-11,13-14H,6-7H2,1-3H3. The van der Waals surface area contributed by atoms with Gasteiger partial charge in [-0.2, -0.15) is 0 Å². The van der Waals surface area contributed by atoms with Crippen molar-refractivity contribution in [3.8, 4) is 0 Å². The van der Waals surface area contributed by atoms with Gasteiger partial charge in [0, 0.05) is 12.6 Å². The van der Waals surface area contributed by atoms with Crippen LogP contribution in [0.4, 0.5) is 0 Å². The molecule has 0 saturated carbocycles. The van der Waals surface area contributed by atoms with Crippen LogP contribution in [0.15, 0.2) is 22.8 Å². The highest BCUT2D eigenvalue weighted by molar-refractivity contribution is 5.03. The highest BCUT2D eigenvalue weighted by Crippen LogP contribution is 2.16. The van der Waals surface area contributed by atoms with Crippen molar-refractivity contribution in [1.82, 2.24) is 5.32 Å². The first-order valence-electron chi connectivity index (χ1n) is 5.55. The molecule has 0 aromatic carbocycles. The minimum Gasteiger partial charge on any atom is -0.468 e. The molecule has 1 heterocycles. The molecule has 0 bridgehead atoms. The predicted molar refractivity (Wildman–Crippen MR) is 60.6 cm³/mol. The van der Waals surface area contributed by atoms with Gasteiger partial charge in [-0.1, -0.05) is 13.8 Å². The number of aliphatic hydroxyl groups is 1. The molecule has 1 rings (SSSR count).